The Morgan fingerprint density at radius 1 is 0.783 bits per heavy atom. The van der Waals surface area contributed by atoms with Gasteiger partial charge in [-0.1, -0.05) is 24.3 Å². The maximum atomic E-state index is 5.80. The van der Waals surface area contributed by atoms with Gasteiger partial charge in [-0.3, -0.25) is 4.98 Å². The van der Waals surface area contributed by atoms with Gasteiger partial charge in [-0.15, -0.1) is 0 Å². The van der Waals surface area contributed by atoms with Gasteiger partial charge in [-0.25, -0.2) is 9.97 Å². The molecular formula is C19H11N3O. The highest BCUT2D eigenvalue weighted by atomic mass is 16.3. The Morgan fingerprint density at radius 3 is 2.74 bits per heavy atom. The molecule has 0 aliphatic heterocycles. The van der Waals surface area contributed by atoms with Crippen molar-refractivity contribution in [3.8, 4) is 11.3 Å². The number of hydrogen-bond donors (Lipinski definition) is 0. The maximum absolute atomic E-state index is 5.80. The topological polar surface area (TPSA) is 51.8 Å². The van der Waals surface area contributed by atoms with Crippen LogP contribution >= 0.6 is 0 Å². The lowest BCUT2D eigenvalue weighted by Crippen LogP contribution is -1.87. The third-order valence-corrected chi connectivity index (χ3v) is 4.00. The molecule has 4 heterocycles. The van der Waals surface area contributed by atoms with Gasteiger partial charge in [-0.2, -0.15) is 0 Å². The third-order valence-electron chi connectivity index (χ3n) is 4.00. The molecule has 0 radical (unpaired) electrons. The Balaban J connectivity index is 1.87. The smallest absolute Gasteiger partial charge is 0.229 e. The summed E-state index contributed by atoms with van der Waals surface area (Å²) in [7, 11) is 0. The first kappa shape index (κ1) is 12.3. The first-order valence-corrected chi connectivity index (χ1v) is 7.38. The summed E-state index contributed by atoms with van der Waals surface area (Å²) >= 11 is 0. The minimum atomic E-state index is 0.589. The lowest BCUT2D eigenvalue weighted by Gasteiger charge is -2.04. The summed E-state index contributed by atoms with van der Waals surface area (Å²) in [5, 5.41) is 2.03. The van der Waals surface area contributed by atoms with Gasteiger partial charge >= 0.3 is 0 Å². The normalized spacial score (nSPS) is 11.5. The van der Waals surface area contributed by atoms with Gasteiger partial charge in [0.25, 0.3) is 0 Å². The van der Waals surface area contributed by atoms with E-state index in [1.54, 1.807) is 12.4 Å². The number of benzene rings is 1. The summed E-state index contributed by atoms with van der Waals surface area (Å²) in [4.78, 5) is 13.6. The van der Waals surface area contributed by atoms with Crippen LogP contribution in [0.1, 0.15) is 0 Å². The SMILES string of the molecule is c1ccc2nc(-c3ccnc4oc5cccnc5c34)ccc2c1. The fourth-order valence-corrected chi connectivity index (χ4v) is 2.94. The van der Waals surface area contributed by atoms with E-state index in [2.05, 4.69) is 22.1 Å². The zero-order chi connectivity index (χ0) is 15.2. The molecule has 5 aromatic rings. The zero-order valence-electron chi connectivity index (χ0n) is 12.1. The average Bonchev–Trinajstić information content (AvgIpc) is 3.00. The number of pyridine rings is 3. The standard InChI is InChI=1S/C19H11N3O/c1-2-5-14-12(4-1)7-8-15(22-14)13-9-11-21-19-17(13)18-16(23-19)6-3-10-20-18/h1-11H. The van der Waals surface area contributed by atoms with E-state index in [0.29, 0.717) is 5.71 Å². The van der Waals surface area contributed by atoms with Crippen LogP contribution in [0.4, 0.5) is 0 Å². The van der Waals surface area contributed by atoms with Crippen LogP contribution in [-0.2, 0) is 0 Å². The second-order valence-corrected chi connectivity index (χ2v) is 5.38. The van der Waals surface area contributed by atoms with Crippen LogP contribution < -0.4 is 0 Å². The van der Waals surface area contributed by atoms with Crippen LogP contribution in [0, 0.1) is 0 Å². The van der Waals surface area contributed by atoms with E-state index in [-0.39, 0.29) is 0 Å². The zero-order valence-corrected chi connectivity index (χ0v) is 12.1. The first-order valence-electron chi connectivity index (χ1n) is 7.38. The number of aromatic nitrogens is 3. The van der Waals surface area contributed by atoms with Gasteiger partial charge in [0.15, 0.2) is 5.58 Å². The molecule has 0 bridgehead atoms. The second-order valence-electron chi connectivity index (χ2n) is 5.38. The lowest BCUT2D eigenvalue weighted by atomic mass is 10.1. The van der Waals surface area contributed by atoms with Crippen LogP contribution in [0.25, 0.3) is 44.4 Å². The van der Waals surface area contributed by atoms with Gasteiger partial charge in [-0.05, 0) is 30.3 Å². The quantitative estimate of drug-likeness (QED) is 0.454. The number of fused-ring (bicyclic) bond motifs is 4. The Hall–Kier alpha value is -3.27. The van der Waals surface area contributed by atoms with Crippen LogP contribution in [0.2, 0.25) is 0 Å². The molecule has 0 amide bonds. The number of hydrogen-bond acceptors (Lipinski definition) is 4. The largest absolute Gasteiger partial charge is 0.436 e. The Labute approximate surface area is 131 Å². The van der Waals surface area contributed by atoms with E-state index in [9.17, 15) is 0 Å². The molecular weight excluding hydrogens is 286 g/mol. The molecule has 0 atom stereocenters. The van der Waals surface area contributed by atoms with E-state index < -0.39 is 0 Å². The highest BCUT2D eigenvalue weighted by molar-refractivity contribution is 6.08. The summed E-state index contributed by atoms with van der Waals surface area (Å²) in [6.07, 6.45) is 3.51. The number of para-hydroxylation sites is 1. The maximum Gasteiger partial charge on any atom is 0.229 e. The van der Waals surface area contributed by atoms with Crippen molar-refractivity contribution in [2.24, 2.45) is 0 Å². The number of rotatable bonds is 1. The van der Waals surface area contributed by atoms with Gasteiger partial charge in [0.05, 0.1) is 16.6 Å². The van der Waals surface area contributed by atoms with Crippen LogP contribution in [-0.4, -0.2) is 15.0 Å². The highest BCUT2D eigenvalue weighted by Gasteiger charge is 2.15. The van der Waals surface area contributed by atoms with Crippen molar-refractivity contribution >= 4 is 33.1 Å². The first-order chi connectivity index (χ1) is 11.4. The van der Waals surface area contributed by atoms with Crippen molar-refractivity contribution in [1.29, 1.82) is 0 Å². The molecule has 4 aromatic heterocycles. The van der Waals surface area contributed by atoms with E-state index in [0.717, 1.165) is 38.6 Å². The van der Waals surface area contributed by atoms with Crippen LogP contribution in [0.5, 0.6) is 0 Å². The van der Waals surface area contributed by atoms with Crippen molar-refractivity contribution < 1.29 is 4.42 Å². The Kier molecular flexibility index (Phi) is 2.46. The molecule has 4 heteroatoms. The monoisotopic (exact) mass is 297 g/mol. The predicted molar refractivity (Wildman–Crippen MR) is 90.0 cm³/mol. The van der Waals surface area contributed by atoms with Gasteiger partial charge in [0, 0.05) is 23.3 Å². The van der Waals surface area contributed by atoms with E-state index in [1.807, 2.05) is 42.5 Å². The summed E-state index contributed by atoms with van der Waals surface area (Å²) in [5.74, 6) is 0. The molecule has 0 aliphatic carbocycles. The third kappa shape index (κ3) is 1.82. The predicted octanol–water partition coefficient (Wildman–Crippen LogP) is 4.59. The summed E-state index contributed by atoms with van der Waals surface area (Å²) in [5.41, 5.74) is 4.99. The number of nitrogens with zero attached hydrogens (tertiary/aromatic N) is 3. The molecule has 4 nitrogen and oxygen atoms in total. The van der Waals surface area contributed by atoms with Crippen molar-refractivity contribution in [1.82, 2.24) is 15.0 Å². The summed E-state index contributed by atoms with van der Waals surface area (Å²) in [6.45, 7) is 0. The lowest BCUT2D eigenvalue weighted by molar-refractivity contribution is 0.653. The summed E-state index contributed by atoms with van der Waals surface area (Å²) in [6, 6.07) is 17.9. The van der Waals surface area contributed by atoms with Crippen LogP contribution in [0.3, 0.4) is 0 Å². The molecule has 0 N–H and O–H groups in total. The molecule has 0 aliphatic rings. The molecule has 0 spiro atoms. The molecule has 23 heavy (non-hydrogen) atoms. The Morgan fingerprint density at radius 2 is 1.74 bits per heavy atom. The molecule has 0 saturated heterocycles. The van der Waals surface area contributed by atoms with Crippen LogP contribution in [0.15, 0.2) is 71.4 Å². The molecule has 0 fully saturated rings. The van der Waals surface area contributed by atoms with Crippen molar-refractivity contribution in [2.45, 2.75) is 0 Å². The van der Waals surface area contributed by atoms with Crippen molar-refractivity contribution in [2.75, 3.05) is 0 Å². The van der Waals surface area contributed by atoms with Crippen molar-refractivity contribution in [3.05, 3.63) is 67.0 Å². The van der Waals surface area contributed by atoms with Gasteiger partial charge < -0.3 is 4.42 Å². The van der Waals surface area contributed by atoms with Gasteiger partial charge in [0.2, 0.25) is 5.71 Å². The second kappa shape index (κ2) is 4.61. The van der Waals surface area contributed by atoms with Gasteiger partial charge in [0.1, 0.15) is 5.52 Å². The van der Waals surface area contributed by atoms with E-state index >= 15 is 0 Å². The fourth-order valence-electron chi connectivity index (χ4n) is 2.94. The fraction of sp³-hybridized carbons (Fsp3) is 0. The molecule has 0 unspecified atom stereocenters. The molecule has 0 saturated carbocycles. The summed E-state index contributed by atoms with van der Waals surface area (Å²) < 4.78 is 5.80. The molecule has 108 valence electrons. The number of furan rings is 1. The average molecular weight is 297 g/mol. The van der Waals surface area contributed by atoms with E-state index in [4.69, 9.17) is 9.40 Å². The molecule has 5 rings (SSSR count). The minimum absolute atomic E-state index is 0.589. The highest BCUT2D eigenvalue weighted by Crippen LogP contribution is 2.33. The van der Waals surface area contributed by atoms with E-state index in [1.165, 1.54) is 0 Å². The minimum Gasteiger partial charge on any atom is -0.436 e. The molecule has 1 aromatic carbocycles. The Bertz CT molecular complexity index is 1180. The van der Waals surface area contributed by atoms with Crippen molar-refractivity contribution in [3.63, 3.8) is 0 Å².